The smallest absolute Gasteiger partial charge is 0.351 e. The fraction of sp³-hybridized carbons (Fsp3) is 0.250. The average Bonchev–Trinajstić information content (AvgIpc) is 2.75. The number of hydrogen-bond acceptors (Lipinski definition) is 5. The van der Waals surface area contributed by atoms with Gasteiger partial charge in [-0.25, -0.2) is 9.59 Å². The van der Waals surface area contributed by atoms with E-state index in [1.54, 1.807) is 44.2 Å². The van der Waals surface area contributed by atoms with Crippen molar-refractivity contribution in [3.05, 3.63) is 41.5 Å². The summed E-state index contributed by atoms with van der Waals surface area (Å²) in [7, 11) is 1.24. The van der Waals surface area contributed by atoms with Crippen LogP contribution in [0.1, 0.15) is 19.4 Å². The monoisotopic (exact) mass is 316 g/mol. The molecule has 0 radical (unpaired) electrons. The second-order valence-electron chi connectivity index (χ2n) is 5.15. The largest absolute Gasteiger partial charge is 0.506 e. The minimum absolute atomic E-state index is 0.306. The normalized spacial score (nSPS) is 15.7. The maximum absolute atomic E-state index is 12.3. The topological polar surface area (TPSA) is 96.3 Å². The van der Waals surface area contributed by atoms with E-state index in [2.05, 4.69) is 4.99 Å². The molecule has 2 rings (SSSR count). The molecule has 0 bridgehead atoms. The highest BCUT2D eigenvalue weighted by molar-refractivity contribution is 6.56. The first-order valence-corrected chi connectivity index (χ1v) is 6.93. The summed E-state index contributed by atoms with van der Waals surface area (Å²) in [6.45, 7) is 3.26. The number of ether oxygens (including phenoxy) is 1. The zero-order chi connectivity index (χ0) is 17.1. The van der Waals surface area contributed by atoms with Crippen LogP contribution in [0, 0.1) is 0 Å². The predicted molar refractivity (Wildman–Crippen MR) is 82.8 cm³/mol. The Hall–Kier alpha value is -2.96. The highest BCUT2D eigenvalue weighted by atomic mass is 16.5. The maximum atomic E-state index is 12.3. The first-order valence-electron chi connectivity index (χ1n) is 6.93. The number of aliphatic hydroxyl groups excluding tert-OH is 1. The highest BCUT2D eigenvalue weighted by Gasteiger charge is 2.38. The third-order valence-corrected chi connectivity index (χ3v) is 3.07. The van der Waals surface area contributed by atoms with Gasteiger partial charge < -0.3 is 9.84 Å². The summed E-state index contributed by atoms with van der Waals surface area (Å²) in [6, 6.07) is 7.37. The number of imide groups is 1. The molecule has 0 saturated carbocycles. The van der Waals surface area contributed by atoms with E-state index >= 15 is 0 Å². The van der Waals surface area contributed by atoms with Crippen molar-refractivity contribution >= 4 is 29.4 Å². The van der Waals surface area contributed by atoms with Gasteiger partial charge in [0.1, 0.15) is 11.3 Å². The number of aliphatic hydroxyl groups is 1. The van der Waals surface area contributed by atoms with Crippen LogP contribution in [0.15, 0.2) is 40.9 Å². The van der Waals surface area contributed by atoms with Gasteiger partial charge in [0.25, 0.3) is 5.91 Å². The minimum atomic E-state index is -0.920. The Bertz CT molecular complexity index is 719. The molecule has 0 aliphatic carbocycles. The van der Waals surface area contributed by atoms with Crippen molar-refractivity contribution in [2.24, 2.45) is 4.99 Å². The fourth-order valence-corrected chi connectivity index (χ4v) is 1.95. The summed E-state index contributed by atoms with van der Waals surface area (Å²) in [5.41, 5.74) is -0.544. The van der Waals surface area contributed by atoms with Crippen molar-refractivity contribution in [3.8, 4) is 0 Å². The second kappa shape index (κ2) is 6.43. The Morgan fingerprint density at radius 3 is 2.30 bits per heavy atom. The van der Waals surface area contributed by atoms with E-state index in [-0.39, 0.29) is 0 Å². The van der Waals surface area contributed by atoms with Crippen molar-refractivity contribution in [2.45, 2.75) is 20.0 Å². The van der Waals surface area contributed by atoms with Crippen LogP contribution in [0.3, 0.4) is 0 Å². The lowest BCUT2D eigenvalue weighted by molar-refractivity contribution is -0.142. The molecule has 1 heterocycles. The lowest BCUT2D eigenvalue weighted by atomic mass is 10.0. The van der Waals surface area contributed by atoms with E-state index in [0.29, 0.717) is 5.56 Å². The van der Waals surface area contributed by atoms with Crippen molar-refractivity contribution in [2.75, 3.05) is 7.05 Å². The molecule has 23 heavy (non-hydrogen) atoms. The number of aliphatic imine (C=N–C) groups is 1. The summed E-state index contributed by atoms with van der Waals surface area (Å²) in [6.07, 6.45) is -0.466. The summed E-state index contributed by atoms with van der Waals surface area (Å²) in [5.74, 6) is -2.16. The maximum Gasteiger partial charge on any atom is 0.351 e. The Balaban J connectivity index is 2.58. The van der Waals surface area contributed by atoms with E-state index in [1.807, 2.05) is 0 Å². The molecule has 7 heteroatoms. The molecule has 120 valence electrons. The number of esters is 1. The quantitative estimate of drug-likeness (QED) is 0.520. The van der Waals surface area contributed by atoms with Crippen molar-refractivity contribution in [1.82, 2.24) is 4.90 Å². The van der Waals surface area contributed by atoms with Crippen LogP contribution in [0.25, 0.3) is 5.76 Å². The molecule has 1 aromatic carbocycles. The predicted octanol–water partition coefficient (Wildman–Crippen LogP) is 1.94. The molecule has 0 aromatic heterocycles. The number of hydrogen-bond donors (Lipinski definition) is 1. The first kappa shape index (κ1) is 16.4. The van der Waals surface area contributed by atoms with Gasteiger partial charge in [0.15, 0.2) is 5.71 Å². The lowest BCUT2D eigenvalue weighted by Gasteiger charge is -2.13. The number of amides is 3. The van der Waals surface area contributed by atoms with Gasteiger partial charge in [0.05, 0.1) is 6.10 Å². The summed E-state index contributed by atoms with van der Waals surface area (Å²) in [5, 5.41) is 10.4. The van der Waals surface area contributed by atoms with Gasteiger partial charge in [0.2, 0.25) is 0 Å². The highest BCUT2D eigenvalue weighted by Crippen LogP contribution is 2.22. The molecule has 1 aliphatic heterocycles. The lowest BCUT2D eigenvalue weighted by Crippen LogP contribution is -2.32. The SMILES string of the molecule is CC(C)OC(=O)C(C1=NC(=O)N(C)C1=O)=C(O)c1ccccc1. The van der Waals surface area contributed by atoms with Gasteiger partial charge in [-0.2, -0.15) is 4.99 Å². The zero-order valence-electron chi connectivity index (χ0n) is 12.9. The number of carbonyl (C=O) groups is 3. The Morgan fingerprint density at radius 2 is 1.83 bits per heavy atom. The van der Waals surface area contributed by atoms with Crippen molar-refractivity contribution in [3.63, 3.8) is 0 Å². The van der Waals surface area contributed by atoms with E-state index in [4.69, 9.17) is 4.74 Å². The van der Waals surface area contributed by atoms with Gasteiger partial charge in [-0.05, 0) is 13.8 Å². The number of carbonyl (C=O) groups excluding carboxylic acids is 3. The van der Waals surface area contributed by atoms with Crippen LogP contribution in [0.5, 0.6) is 0 Å². The van der Waals surface area contributed by atoms with Crippen molar-refractivity contribution in [1.29, 1.82) is 0 Å². The van der Waals surface area contributed by atoms with Gasteiger partial charge in [-0.3, -0.25) is 9.69 Å². The van der Waals surface area contributed by atoms with E-state index < -0.39 is 41.1 Å². The molecular formula is C16H16N2O5. The van der Waals surface area contributed by atoms with Crippen molar-refractivity contribution < 1.29 is 24.2 Å². The van der Waals surface area contributed by atoms with Gasteiger partial charge in [0, 0.05) is 12.6 Å². The van der Waals surface area contributed by atoms with E-state index in [0.717, 1.165) is 4.90 Å². The number of benzene rings is 1. The number of nitrogens with zero attached hydrogens (tertiary/aromatic N) is 2. The molecule has 7 nitrogen and oxygen atoms in total. The Kier molecular flexibility index (Phi) is 4.59. The molecule has 0 spiro atoms. The van der Waals surface area contributed by atoms with Crippen LogP contribution < -0.4 is 0 Å². The van der Waals surface area contributed by atoms with Crippen LogP contribution >= 0.6 is 0 Å². The molecule has 3 amide bonds. The molecule has 1 N–H and O–H groups in total. The van der Waals surface area contributed by atoms with E-state index in [9.17, 15) is 19.5 Å². The standard InChI is InChI=1S/C16H16N2O5/c1-9(2)23-15(21)11(12-14(20)18(3)16(22)17-12)13(19)10-7-5-4-6-8-10/h4-9,19H,1-3H3. The third-order valence-electron chi connectivity index (χ3n) is 3.07. The summed E-state index contributed by atoms with van der Waals surface area (Å²) in [4.78, 5) is 40.3. The summed E-state index contributed by atoms with van der Waals surface area (Å²) >= 11 is 0. The van der Waals surface area contributed by atoms with Crippen LogP contribution in [0.4, 0.5) is 4.79 Å². The number of urea groups is 1. The van der Waals surface area contributed by atoms with Crippen LogP contribution in [-0.4, -0.2) is 46.8 Å². The number of rotatable bonds is 4. The molecule has 0 fully saturated rings. The molecule has 0 saturated heterocycles. The molecule has 0 atom stereocenters. The fourth-order valence-electron chi connectivity index (χ4n) is 1.95. The minimum Gasteiger partial charge on any atom is -0.506 e. The third kappa shape index (κ3) is 3.28. The molecule has 1 aliphatic rings. The van der Waals surface area contributed by atoms with Gasteiger partial charge in [-0.15, -0.1) is 0 Å². The molecule has 0 unspecified atom stereocenters. The Morgan fingerprint density at radius 1 is 1.22 bits per heavy atom. The molecular weight excluding hydrogens is 300 g/mol. The first-order chi connectivity index (χ1) is 10.8. The summed E-state index contributed by atoms with van der Waals surface area (Å²) < 4.78 is 5.07. The van der Waals surface area contributed by atoms with Gasteiger partial charge in [-0.1, -0.05) is 30.3 Å². The Labute approximate surface area is 132 Å². The van der Waals surface area contributed by atoms with Crippen LogP contribution in [-0.2, 0) is 14.3 Å². The zero-order valence-corrected chi connectivity index (χ0v) is 12.9. The van der Waals surface area contributed by atoms with Gasteiger partial charge >= 0.3 is 12.0 Å². The second-order valence-corrected chi connectivity index (χ2v) is 5.15. The van der Waals surface area contributed by atoms with E-state index in [1.165, 1.54) is 7.05 Å². The van der Waals surface area contributed by atoms with Crippen LogP contribution in [0.2, 0.25) is 0 Å². The average molecular weight is 316 g/mol. The molecule has 1 aromatic rings.